The van der Waals surface area contributed by atoms with E-state index in [0.29, 0.717) is 0 Å². The second-order valence-electron chi connectivity index (χ2n) is 23.8. The molecule has 2 aliphatic heterocycles. The average molecular weight is 849 g/mol. The van der Waals surface area contributed by atoms with E-state index in [4.69, 9.17) is 0 Å². The van der Waals surface area contributed by atoms with Crippen LogP contribution in [0.4, 0.5) is 28.4 Å². The van der Waals surface area contributed by atoms with Crippen LogP contribution in [0.2, 0.25) is 0 Å². The predicted octanol–water partition coefficient (Wildman–Crippen LogP) is 15.6. The topological polar surface area (TPSA) is 6.48 Å². The summed E-state index contributed by atoms with van der Waals surface area (Å²) in [5, 5.41) is 0. The van der Waals surface area contributed by atoms with Gasteiger partial charge >= 0.3 is 6.85 Å². The van der Waals surface area contributed by atoms with Crippen molar-refractivity contribution in [2.24, 2.45) is 0 Å². The molecule has 2 aliphatic carbocycles. The number of nitrogens with zero attached hydrogens (tertiary/aromatic N) is 2. The zero-order valence-electron chi connectivity index (χ0n) is 41.1. The molecule has 0 bridgehead atoms. The summed E-state index contributed by atoms with van der Waals surface area (Å²) >= 11 is 0. The molecule has 326 valence electrons. The molecule has 2 heterocycles. The van der Waals surface area contributed by atoms with E-state index in [9.17, 15) is 0 Å². The molecule has 0 saturated heterocycles. The standard InChI is InChI=1S/C62H65BN2/c1-38-33-47-46-36-49-50(61(10,11)32-31-60(49,8)9)37-53(46)65(42-26-23-40(24-27-42)58(2,3)4)63-56(47)54(34-38)64(51-29-25-41(59(5,6)7)35-45(51)39-19-15-14-16-20-39)52-30-28-44-43-21-17-18-22-48(43)62(12,13)55(44)57(52)63/h14-30,33-37H,31-32H2,1-13H3. The molecule has 0 atom stereocenters. The first kappa shape index (κ1) is 41.9. The van der Waals surface area contributed by atoms with Crippen LogP contribution in [0.15, 0.2) is 133 Å². The van der Waals surface area contributed by atoms with Crippen molar-refractivity contribution < 1.29 is 0 Å². The molecule has 2 nitrogen and oxygen atoms in total. The van der Waals surface area contributed by atoms with Crippen molar-refractivity contribution in [3.63, 3.8) is 0 Å². The zero-order valence-corrected chi connectivity index (χ0v) is 41.1. The van der Waals surface area contributed by atoms with E-state index in [1.54, 1.807) is 0 Å². The molecule has 0 amide bonds. The zero-order chi connectivity index (χ0) is 45.7. The number of hydrogen-bond acceptors (Lipinski definition) is 2. The molecule has 0 unspecified atom stereocenters. The van der Waals surface area contributed by atoms with Gasteiger partial charge in [-0.05, 0) is 162 Å². The summed E-state index contributed by atoms with van der Waals surface area (Å²) in [5.41, 5.74) is 26.7. The molecule has 0 N–H and O–H groups in total. The normalized spacial score (nSPS) is 17.2. The van der Waals surface area contributed by atoms with Crippen LogP contribution in [0.25, 0.3) is 33.4 Å². The molecule has 0 saturated carbocycles. The summed E-state index contributed by atoms with van der Waals surface area (Å²) < 4.78 is 0. The van der Waals surface area contributed by atoms with Gasteiger partial charge in [-0.15, -0.1) is 0 Å². The van der Waals surface area contributed by atoms with Gasteiger partial charge in [-0.1, -0.05) is 168 Å². The van der Waals surface area contributed by atoms with E-state index in [0.717, 1.165) is 0 Å². The Morgan fingerprint density at radius 3 is 1.75 bits per heavy atom. The van der Waals surface area contributed by atoms with Crippen LogP contribution in [0.1, 0.15) is 135 Å². The van der Waals surface area contributed by atoms with Crippen LogP contribution < -0.4 is 20.6 Å². The van der Waals surface area contributed by atoms with Gasteiger partial charge in [0.25, 0.3) is 0 Å². The summed E-state index contributed by atoms with van der Waals surface area (Å²) in [6, 6.07) is 52.4. The predicted molar refractivity (Wildman–Crippen MR) is 281 cm³/mol. The molecule has 0 aromatic heterocycles. The van der Waals surface area contributed by atoms with Gasteiger partial charge in [-0.2, -0.15) is 0 Å². The molecule has 4 aliphatic rings. The molecule has 7 aromatic rings. The van der Waals surface area contributed by atoms with Crippen LogP contribution in [0.5, 0.6) is 0 Å². The van der Waals surface area contributed by atoms with Gasteiger partial charge in [0.05, 0.1) is 5.69 Å². The lowest BCUT2D eigenvalue weighted by molar-refractivity contribution is 0.332. The Labute approximate surface area is 389 Å². The monoisotopic (exact) mass is 849 g/mol. The Morgan fingerprint density at radius 1 is 0.462 bits per heavy atom. The Bertz CT molecular complexity index is 3100. The van der Waals surface area contributed by atoms with Crippen molar-refractivity contribution in [3.8, 4) is 33.4 Å². The fourth-order valence-corrected chi connectivity index (χ4v) is 12.3. The van der Waals surface area contributed by atoms with Crippen molar-refractivity contribution in [3.05, 3.63) is 172 Å². The average Bonchev–Trinajstić information content (AvgIpc) is 3.50. The van der Waals surface area contributed by atoms with E-state index in [2.05, 4.69) is 233 Å². The number of benzene rings is 7. The first-order chi connectivity index (χ1) is 30.7. The molecule has 0 fully saturated rings. The third kappa shape index (κ3) is 6.20. The number of rotatable bonds is 3. The molecule has 65 heavy (non-hydrogen) atoms. The molecule has 7 aromatic carbocycles. The number of fused-ring (bicyclic) bond motifs is 9. The van der Waals surface area contributed by atoms with Gasteiger partial charge in [-0.25, -0.2) is 0 Å². The van der Waals surface area contributed by atoms with E-state index in [1.807, 2.05) is 0 Å². The van der Waals surface area contributed by atoms with Crippen LogP contribution in [0, 0.1) is 6.92 Å². The first-order valence-electron chi connectivity index (χ1n) is 24.2. The van der Waals surface area contributed by atoms with Gasteiger partial charge in [0, 0.05) is 39.3 Å². The van der Waals surface area contributed by atoms with E-state index in [1.165, 1.54) is 125 Å². The fraction of sp³-hybridized carbons (Fsp3) is 0.323. The minimum atomic E-state index is -0.242. The lowest BCUT2D eigenvalue weighted by atomic mass is 9.41. The number of aryl methyl sites for hydroxylation is 1. The van der Waals surface area contributed by atoms with E-state index in [-0.39, 0.29) is 33.9 Å². The minimum Gasteiger partial charge on any atom is -0.376 e. The van der Waals surface area contributed by atoms with Gasteiger partial charge < -0.3 is 9.71 Å². The Morgan fingerprint density at radius 2 is 1.08 bits per heavy atom. The summed E-state index contributed by atoms with van der Waals surface area (Å²) in [7, 11) is 0. The fourth-order valence-electron chi connectivity index (χ4n) is 12.3. The maximum Gasteiger partial charge on any atom is 0.333 e. The van der Waals surface area contributed by atoms with Crippen molar-refractivity contribution in [1.29, 1.82) is 0 Å². The molecule has 0 spiro atoms. The lowest BCUT2D eigenvalue weighted by Gasteiger charge is -2.49. The van der Waals surface area contributed by atoms with Gasteiger partial charge in [0.1, 0.15) is 0 Å². The van der Waals surface area contributed by atoms with Crippen molar-refractivity contribution >= 4 is 46.2 Å². The van der Waals surface area contributed by atoms with Crippen molar-refractivity contribution in [2.75, 3.05) is 9.71 Å². The highest BCUT2D eigenvalue weighted by Crippen LogP contribution is 2.56. The van der Waals surface area contributed by atoms with Crippen LogP contribution >= 0.6 is 0 Å². The van der Waals surface area contributed by atoms with Gasteiger partial charge in [-0.3, -0.25) is 0 Å². The van der Waals surface area contributed by atoms with Gasteiger partial charge in [0.15, 0.2) is 0 Å². The van der Waals surface area contributed by atoms with Crippen LogP contribution in [-0.2, 0) is 27.1 Å². The Kier molecular flexibility index (Phi) is 8.93. The highest BCUT2D eigenvalue weighted by atomic mass is 15.2. The third-order valence-electron chi connectivity index (χ3n) is 16.0. The minimum absolute atomic E-state index is 0.0136. The molecule has 11 rings (SSSR count). The Hall–Kier alpha value is -5.80. The highest BCUT2D eigenvalue weighted by Gasteiger charge is 2.51. The lowest BCUT2D eigenvalue weighted by Crippen LogP contribution is -2.63. The SMILES string of the molecule is Cc1cc2c3c(c1)N(c1ccc(C(C)(C)C)cc1-c1ccccc1)c1ccc4c(c1B3N(c1ccc(C(C)(C)C)cc1)c1cc3c(cc1-2)C(C)(C)CCC3(C)C)C(C)(C)c1ccccc1-4. The van der Waals surface area contributed by atoms with Crippen molar-refractivity contribution in [1.82, 2.24) is 0 Å². The second kappa shape index (κ2) is 13.9. The molecule has 3 heteroatoms. The summed E-state index contributed by atoms with van der Waals surface area (Å²) in [6.07, 6.45) is 2.35. The van der Waals surface area contributed by atoms with Crippen LogP contribution in [0.3, 0.4) is 0 Å². The largest absolute Gasteiger partial charge is 0.376 e. The molecular weight excluding hydrogens is 784 g/mol. The van der Waals surface area contributed by atoms with Gasteiger partial charge in [0.2, 0.25) is 0 Å². The van der Waals surface area contributed by atoms with Crippen LogP contribution in [-0.4, -0.2) is 6.85 Å². The van der Waals surface area contributed by atoms with Crippen molar-refractivity contribution in [2.45, 2.75) is 130 Å². The molecule has 0 radical (unpaired) electrons. The quantitative estimate of drug-likeness (QED) is 0.163. The molecular formula is C62H65BN2. The Balaban J connectivity index is 1.31. The number of anilines is 5. The maximum absolute atomic E-state index is 2.78. The highest BCUT2D eigenvalue weighted by molar-refractivity contribution is 6.94. The van der Waals surface area contributed by atoms with E-state index >= 15 is 0 Å². The van der Waals surface area contributed by atoms with E-state index < -0.39 is 0 Å². The second-order valence-corrected chi connectivity index (χ2v) is 23.8. The number of hydrogen-bond donors (Lipinski definition) is 0. The third-order valence-corrected chi connectivity index (χ3v) is 16.0. The maximum atomic E-state index is 2.78. The summed E-state index contributed by atoms with van der Waals surface area (Å²) in [4.78, 5) is 5.44. The summed E-state index contributed by atoms with van der Waals surface area (Å²) in [5.74, 6) is 0. The summed E-state index contributed by atoms with van der Waals surface area (Å²) in [6.45, 7) is 31.0. The first-order valence-corrected chi connectivity index (χ1v) is 24.2. The smallest absolute Gasteiger partial charge is 0.333 e.